The number of halogens is 1. The third kappa shape index (κ3) is 4.08. The van der Waals surface area contributed by atoms with Crippen LogP contribution < -0.4 is 5.73 Å². The van der Waals surface area contributed by atoms with Crippen LogP contribution in [0.5, 0.6) is 0 Å². The molecule has 0 saturated heterocycles. The molecule has 0 fully saturated rings. The molecule has 2 N–H and O–H groups in total. The van der Waals surface area contributed by atoms with Gasteiger partial charge in [0, 0.05) is 16.3 Å². The Kier molecular flexibility index (Phi) is 4.54. The first kappa shape index (κ1) is 13.6. The molecule has 0 aliphatic rings. The van der Waals surface area contributed by atoms with E-state index in [1.807, 2.05) is 17.5 Å². The van der Waals surface area contributed by atoms with Gasteiger partial charge in [-0.2, -0.15) is 0 Å². The second-order valence-electron chi connectivity index (χ2n) is 3.72. The van der Waals surface area contributed by atoms with E-state index in [0.717, 1.165) is 4.88 Å². The molecule has 0 aliphatic heterocycles. The van der Waals surface area contributed by atoms with Crippen molar-refractivity contribution in [3.05, 3.63) is 57.2 Å². The first-order valence-electron chi connectivity index (χ1n) is 5.47. The maximum atomic E-state index is 11.6. The number of carbonyl (C=O) groups is 1. The smallest absolute Gasteiger partial charge is 0.365 e. The molecule has 0 amide bonds. The standard InChI is InChI=1S/C13H11ClN2O2S/c14-10-5-3-9(4-6-10)13(17)18-16-12(15)8-11-2-1-7-19-11/h1-7H,8H2,(H2,15,16). The summed E-state index contributed by atoms with van der Waals surface area (Å²) in [5.74, 6) is -0.310. The van der Waals surface area contributed by atoms with E-state index in [-0.39, 0.29) is 5.84 Å². The highest BCUT2D eigenvalue weighted by atomic mass is 35.5. The molecule has 2 aromatic rings. The molecule has 0 atom stereocenters. The summed E-state index contributed by atoms with van der Waals surface area (Å²) in [6.45, 7) is 0. The number of amidine groups is 1. The van der Waals surface area contributed by atoms with Crippen LogP contribution in [-0.4, -0.2) is 11.8 Å². The van der Waals surface area contributed by atoms with Crippen molar-refractivity contribution in [3.63, 3.8) is 0 Å². The number of benzene rings is 1. The van der Waals surface area contributed by atoms with Crippen molar-refractivity contribution in [1.82, 2.24) is 0 Å². The molecule has 19 heavy (non-hydrogen) atoms. The lowest BCUT2D eigenvalue weighted by molar-refractivity contribution is 0.0515. The second-order valence-corrected chi connectivity index (χ2v) is 5.19. The molecule has 1 heterocycles. The van der Waals surface area contributed by atoms with Gasteiger partial charge in [0.15, 0.2) is 0 Å². The highest BCUT2D eigenvalue weighted by Gasteiger charge is 2.07. The van der Waals surface area contributed by atoms with Gasteiger partial charge in [-0.25, -0.2) is 4.79 Å². The molecule has 0 bridgehead atoms. The Morgan fingerprint density at radius 1 is 1.32 bits per heavy atom. The third-order valence-corrected chi connectivity index (χ3v) is 3.39. The van der Waals surface area contributed by atoms with Crippen molar-refractivity contribution < 1.29 is 9.63 Å². The van der Waals surface area contributed by atoms with Crippen LogP contribution in [0.2, 0.25) is 5.02 Å². The number of nitrogens with zero attached hydrogens (tertiary/aromatic N) is 1. The monoisotopic (exact) mass is 294 g/mol. The van der Waals surface area contributed by atoms with Crippen LogP contribution in [0, 0.1) is 0 Å². The van der Waals surface area contributed by atoms with Gasteiger partial charge in [-0.15, -0.1) is 11.3 Å². The quantitative estimate of drug-likeness (QED) is 0.408. The number of hydrogen-bond acceptors (Lipinski definition) is 4. The summed E-state index contributed by atoms with van der Waals surface area (Å²) in [5.41, 5.74) is 6.05. The minimum absolute atomic E-state index is 0.254. The number of nitrogens with two attached hydrogens (primary N) is 1. The van der Waals surface area contributed by atoms with E-state index in [2.05, 4.69) is 5.16 Å². The summed E-state index contributed by atoms with van der Waals surface area (Å²) in [4.78, 5) is 17.5. The van der Waals surface area contributed by atoms with Crippen molar-refractivity contribution >= 4 is 34.7 Å². The Labute approximate surface area is 119 Å². The molecule has 0 radical (unpaired) electrons. The molecule has 6 heteroatoms. The molecule has 1 aromatic heterocycles. The van der Waals surface area contributed by atoms with E-state index in [4.69, 9.17) is 22.2 Å². The third-order valence-electron chi connectivity index (χ3n) is 2.26. The predicted molar refractivity (Wildman–Crippen MR) is 76.5 cm³/mol. The van der Waals surface area contributed by atoms with Crippen molar-refractivity contribution in [2.45, 2.75) is 6.42 Å². The van der Waals surface area contributed by atoms with Gasteiger partial charge in [-0.1, -0.05) is 22.8 Å². The van der Waals surface area contributed by atoms with Crippen LogP contribution in [0.3, 0.4) is 0 Å². The maximum Gasteiger partial charge on any atom is 0.365 e. The number of rotatable bonds is 4. The van der Waals surface area contributed by atoms with E-state index in [1.54, 1.807) is 35.6 Å². The van der Waals surface area contributed by atoms with Gasteiger partial charge < -0.3 is 10.6 Å². The summed E-state index contributed by atoms with van der Waals surface area (Å²) in [5, 5.41) is 6.12. The van der Waals surface area contributed by atoms with E-state index in [9.17, 15) is 4.79 Å². The maximum absolute atomic E-state index is 11.6. The summed E-state index contributed by atoms with van der Waals surface area (Å²) in [6, 6.07) is 10.2. The topological polar surface area (TPSA) is 64.7 Å². The molecular weight excluding hydrogens is 284 g/mol. The SMILES string of the molecule is NC(Cc1cccs1)=NOC(=O)c1ccc(Cl)cc1. The molecule has 0 unspecified atom stereocenters. The van der Waals surface area contributed by atoms with Crippen LogP contribution in [0.25, 0.3) is 0 Å². The number of hydrogen-bond donors (Lipinski definition) is 1. The van der Waals surface area contributed by atoms with Gasteiger partial charge in [0.25, 0.3) is 0 Å². The Hall–Kier alpha value is -1.85. The Morgan fingerprint density at radius 3 is 2.68 bits per heavy atom. The van der Waals surface area contributed by atoms with Crippen LogP contribution in [0.4, 0.5) is 0 Å². The number of oxime groups is 1. The zero-order valence-corrected chi connectivity index (χ0v) is 11.4. The summed E-state index contributed by atoms with van der Waals surface area (Å²) >= 11 is 7.29. The van der Waals surface area contributed by atoms with Crippen molar-refractivity contribution in [1.29, 1.82) is 0 Å². The zero-order chi connectivity index (χ0) is 13.7. The number of thiophene rings is 1. The fraction of sp³-hybridized carbons (Fsp3) is 0.0769. The number of carbonyl (C=O) groups excluding carboxylic acids is 1. The first-order valence-corrected chi connectivity index (χ1v) is 6.72. The van der Waals surface area contributed by atoms with Gasteiger partial charge in [-0.3, -0.25) is 0 Å². The van der Waals surface area contributed by atoms with E-state index in [0.29, 0.717) is 17.0 Å². The normalized spacial score (nSPS) is 11.3. The average molecular weight is 295 g/mol. The molecule has 0 saturated carbocycles. The van der Waals surface area contributed by atoms with Crippen LogP contribution in [-0.2, 0) is 11.3 Å². The summed E-state index contributed by atoms with van der Waals surface area (Å²) < 4.78 is 0. The first-order chi connectivity index (χ1) is 9.15. The molecule has 0 aliphatic carbocycles. The van der Waals surface area contributed by atoms with Crippen molar-refractivity contribution in [2.24, 2.45) is 10.9 Å². The molecule has 4 nitrogen and oxygen atoms in total. The van der Waals surface area contributed by atoms with Gasteiger partial charge in [0.1, 0.15) is 5.84 Å². The fourth-order valence-corrected chi connectivity index (χ4v) is 2.21. The van der Waals surface area contributed by atoms with Gasteiger partial charge in [0.05, 0.1) is 5.56 Å². The summed E-state index contributed by atoms with van der Waals surface area (Å²) in [7, 11) is 0. The molecule has 98 valence electrons. The molecule has 0 spiro atoms. The summed E-state index contributed by atoms with van der Waals surface area (Å²) in [6.07, 6.45) is 0.464. The van der Waals surface area contributed by atoms with Crippen molar-refractivity contribution in [2.75, 3.05) is 0 Å². The van der Waals surface area contributed by atoms with Gasteiger partial charge >= 0.3 is 5.97 Å². The lowest BCUT2D eigenvalue weighted by atomic mass is 10.2. The van der Waals surface area contributed by atoms with E-state index in [1.165, 1.54) is 0 Å². The highest BCUT2D eigenvalue weighted by Crippen LogP contribution is 2.11. The second kappa shape index (κ2) is 6.36. The zero-order valence-electron chi connectivity index (χ0n) is 9.88. The largest absolute Gasteiger partial charge is 0.384 e. The van der Waals surface area contributed by atoms with E-state index >= 15 is 0 Å². The lowest BCUT2D eigenvalue weighted by Gasteiger charge is -2.00. The predicted octanol–water partition coefficient (Wildman–Crippen LogP) is 3.07. The Balaban J connectivity index is 1.93. The molecular formula is C13H11ClN2O2S. The minimum Gasteiger partial charge on any atom is -0.384 e. The van der Waals surface area contributed by atoms with Crippen LogP contribution in [0.15, 0.2) is 46.9 Å². The molecule has 1 aromatic carbocycles. The minimum atomic E-state index is -0.564. The van der Waals surface area contributed by atoms with Crippen LogP contribution in [0.1, 0.15) is 15.2 Å². The Bertz CT molecular complexity index is 579. The average Bonchev–Trinajstić information content (AvgIpc) is 2.89. The van der Waals surface area contributed by atoms with Crippen molar-refractivity contribution in [3.8, 4) is 0 Å². The Morgan fingerprint density at radius 2 is 2.05 bits per heavy atom. The van der Waals surface area contributed by atoms with Gasteiger partial charge in [-0.05, 0) is 35.7 Å². The van der Waals surface area contributed by atoms with Gasteiger partial charge in [0.2, 0.25) is 0 Å². The molecule has 2 rings (SSSR count). The van der Waals surface area contributed by atoms with Crippen LogP contribution >= 0.6 is 22.9 Å². The fourth-order valence-electron chi connectivity index (χ4n) is 1.36. The lowest BCUT2D eigenvalue weighted by Crippen LogP contribution is -2.16. The van der Waals surface area contributed by atoms with E-state index < -0.39 is 5.97 Å². The highest BCUT2D eigenvalue weighted by molar-refractivity contribution is 7.10.